The molecule has 0 atom stereocenters. The Morgan fingerprint density at radius 3 is 2.64 bits per heavy atom. The van der Waals surface area contributed by atoms with Gasteiger partial charge in [0.2, 0.25) is 0 Å². The summed E-state index contributed by atoms with van der Waals surface area (Å²) in [7, 11) is 5.86. The number of nitrogens with zero attached hydrogens (tertiary/aromatic N) is 5. The zero-order valence-corrected chi connectivity index (χ0v) is 18.8. The third kappa shape index (κ3) is 4.08. The molecule has 0 bridgehead atoms. The number of aromatic nitrogens is 5. The molecule has 8 nitrogen and oxygen atoms in total. The van der Waals surface area contributed by atoms with E-state index in [1.54, 1.807) is 10.9 Å². The van der Waals surface area contributed by atoms with Crippen molar-refractivity contribution in [2.24, 2.45) is 7.05 Å². The molecule has 0 aliphatic rings. The number of carbonyl (C=O) groups is 1. The molecule has 5 rings (SSSR count). The van der Waals surface area contributed by atoms with Crippen LogP contribution < -0.4 is 5.32 Å². The smallest absolute Gasteiger partial charge is 0.251 e. The number of aromatic amines is 1. The third-order valence-corrected chi connectivity index (χ3v) is 5.68. The fraction of sp³-hybridized carbons (Fsp3) is 0.200. The zero-order valence-electron chi connectivity index (χ0n) is 18.8. The molecule has 33 heavy (non-hydrogen) atoms. The molecule has 8 heteroatoms. The van der Waals surface area contributed by atoms with Crippen LogP contribution in [0.3, 0.4) is 0 Å². The number of nitrogens with one attached hydrogen (secondary N) is 2. The zero-order chi connectivity index (χ0) is 22.9. The normalized spacial score (nSPS) is 11.5. The van der Waals surface area contributed by atoms with Crippen molar-refractivity contribution in [1.82, 2.24) is 34.9 Å². The lowest BCUT2D eigenvalue weighted by molar-refractivity contribution is 0.0951. The maximum absolute atomic E-state index is 12.4. The van der Waals surface area contributed by atoms with E-state index in [4.69, 9.17) is 0 Å². The lowest BCUT2D eigenvalue weighted by Gasteiger charge is -2.11. The van der Waals surface area contributed by atoms with Crippen molar-refractivity contribution in [2.45, 2.75) is 0 Å². The fourth-order valence-electron chi connectivity index (χ4n) is 3.97. The predicted octanol–water partition coefficient (Wildman–Crippen LogP) is 3.47. The van der Waals surface area contributed by atoms with Crippen LogP contribution in [0.25, 0.3) is 44.3 Å². The van der Waals surface area contributed by atoms with Crippen LogP contribution in [0.5, 0.6) is 0 Å². The Hall–Kier alpha value is -4.04. The Labute approximate surface area is 191 Å². The van der Waals surface area contributed by atoms with Gasteiger partial charge in [-0.05, 0) is 49.5 Å². The van der Waals surface area contributed by atoms with Crippen LogP contribution in [0, 0.1) is 0 Å². The Kier molecular flexibility index (Phi) is 5.35. The summed E-state index contributed by atoms with van der Waals surface area (Å²) >= 11 is 0. The molecule has 2 N–H and O–H groups in total. The van der Waals surface area contributed by atoms with Crippen molar-refractivity contribution in [3.8, 4) is 22.4 Å². The van der Waals surface area contributed by atoms with Crippen molar-refractivity contribution in [3.63, 3.8) is 0 Å². The van der Waals surface area contributed by atoms with E-state index in [9.17, 15) is 4.79 Å². The molecule has 0 fully saturated rings. The lowest BCUT2D eigenvalue weighted by Crippen LogP contribution is -2.31. The monoisotopic (exact) mass is 439 g/mol. The molecule has 5 aromatic rings. The number of fused-ring (bicyclic) bond motifs is 3. The van der Waals surface area contributed by atoms with Crippen molar-refractivity contribution < 1.29 is 4.79 Å². The van der Waals surface area contributed by atoms with Crippen molar-refractivity contribution >= 4 is 27.8 Å². The summed E-state index contributed by atoms with van der Waals surface area (Å²) in [5.41, 5.74) is 6.26. The van der Waals surface area contributed by atoms with Gasteiger partial charge in [0.1, 0.15) is 5.65 Å². The topological polar surface area (TPSA) is 91.7 Å². The van der Waals surface area contributed by atoms with Gasteiger partial charge in [0, 0.05) is 54.4 Å². The van der Waals surface area contributed by atoms with Gasteiger partial charge in [-0.2, -0.15) is 5.10 Å². The molecular weight excluding hydrogens is 414 g/mol. The highest BCUT2D eigenvalue weighted by Gasteiger charge is 2.14. The second-order valence-electron chi connectivity index (χ2n) is 8.36. The maximum Gasteiger partial charge on any atom is 0.251 e. The molecule has 1 amide bonds. The fourth-order valence-corrected chi connectivity index (χ4v) is 3.97. The van der Waals surface area contributed by atoms with E-state index in [1.165, 1.54) is 0 Å². The number of hydrogen-bond donors (Lipinski definition) is 2. The molecule has 0 aliphatic carbocycles. The van der Waals surface area contributed by atoms with Gasteiger partial charge in [-0.1, -0.05) is 12.1 Å². The highest BCUT2D eigenvalue weighted by molar-refractivity contribution is 6.13. The molecule has 0 saturated carbocycles. The van der Waals surface area contributed by atoms with Crippen LogP contribution in [-0.4, -0.2) is 62.7 Å². The number of hydrogen-bond acceptors (Lipinski definition) is 5. The Morgan fingerprint density at radius 2 is 1.91 bits per heavy atom. The summed E-state index contributed by atoms with van der Waals surface area (Å²) in [6, 6.07) is 11.8. The summed E-state index contributed by atoms with van der Waals surface area (Å²) in [5, 5.41) is 9.29. The molecule has 0 saturated heterocycles. The number of aryl methyl sites for hydroxylation is 1. The SMILES string of the molecule is CN(C)CCNC(=O)c1ccc(-c2ccnc3[nH]c4cnc(-c5cnn(C)c5)cc4c23)cc1. The molecule has 0 unspecified atom stereocenters. The molecule has 0 spiro atoms. The number of amides is 1. The molecule has 166 valence electrons. The Morgan fingerprint density at radius 1 is 1.09 bits per heavy atom. The number of pyridine rings is 2. The quantitative estimate of drug-likeness (QED) is 0.423. The first-order valence-electron chi connectivity index (χ1n) is 10.8. The van der Waals surface area contributed by atoms with Crippen molar-refractivity contribution in [1.29, 1.82) is 0 Å². The van der Waals surface area contributed by atoms with Gasteiger partial charge in [0.05, 0.1) is 23.6 Å². The number of benzene rings is 1. The van der Waals surface area contributed by atoms with Crippen LogP contribution in [0.4, 0.5) is 0 Å². The molecular formula is C25H25N7O. The Balaban J connectivity index is 1.52. The molecule has 4 aromatic heterocycles. The van der Waals surface area contributed by atoms with E-state index in [0.717, 1.165) is 50.9 Å². The van der Waals surface area contributed by atoms with Gasteiger partial charge >= 0.3 is 0 Å². The van der Waals surface area contributed by atoms with E-state index in [0.29, 0.717) is 12.1 Å². The van der Waals surface area contributed by atoms with Gasteiger partial charge < -0.3 is 15.2 Å². The van der Waals surface area contributed by atoms with E-state index in [-0.39, 0.29) is 5.91 Å². The van der Waals surface area contributed by atoms with Crippen molar-refractivity contribution in [2.75, 3.05) is 27.2 Å². The van der Waals surface area contributed by atoms with Crippen LogP contribution in [-0.2, 0) is 7.05 Å². The number of carbonyl (C=O) groups excluding carboxylic acids is 1. The van der Waals surface area contributed by atoms with Crippen LogP contribution in [0.2, 0.25) is 0 Å². The lowest BCUT2D eigenvalue weighted by atomic mass is 10.00. The Bertz CT molecular complexity index is 1450. The third-order valence-electron chi connectivity index (χ3n) is 5.68. The number of rotatable bonds is 6. The van der Waals surface area contributed by atoms with Crippen LogP contribution >= 0.6 is 0 Å². The van der Waals surface area contributed by atoms with Crippen LogP contribution in [0.1, 0.15) is 10.4 Å². The number of likely N-dealkylation sites (N-methyl/N-ethyl adjacent to an activating group) is 1. The van der Waals surface area contributed by atoms with Gasteiger partial charge in [0.15, 0.2) is 0 Å². The maximum atomic E-state index is 12.4. The first-order chi connectivity index (χ1) is 16.0. The van der Waals surface area contributed by atoms with E-state index in [1.807, 2.05) is 75.0 Å². The summed E-state index contributed by atoms with van der Waals surface area (Å²) in [6.45, 7) is 1.41. The minimum absolute atomic E-state index is 0.0671. The van der Waals surface area contributed by atoms with E-state index in [2.05, 4.69) is 31.4 Å². The largest absolute Gasteiger partial charge is 0.351 e. The van der Waals surface area contributed by atoms with Gasteiger partial charge in [-0.25, -0.2) is 4.98 Å². The minimum atomic E-state index is -0.0671. The standard InChI is InChI=1S/C25H25N7O/c1-31(2)11-10-27-25(33)17-6-4-16(5-7-17)19-8-9-26-24-23(19)20-12-21(28-14-22(20)30-24)18-13-29-32(3)15-18/h4-9,12-15H,10-11H2,1-3H3,(H,26,30)(H,27,33). The van der Waals surface area contributed by atoms with E-state index < -0.39 is 0 Å². The average Bonchev–Trinajstić information content (AvgIpc) is 3.41. The molecule has 4 heterocycles. The minimum Gasteiger partial charge on any atom is -0.351 e. The summed E-state index contributed by atoms with van der Waals surface area (Å²) < 4.78 is 1.77. The number of H-pyrrole nitrogens is 1. The second kappa shape index (κ2) is 8.48. The summed E-state index contributed by atoms with van der Waals surface area (Å²) in [6.07, 6.45) is 7.39. The van der Waals surface area contributed by atoms with Gasteiger partial charge in [-0.3, -0.25) is 14.5 Å². The van der Waals surface area contributed by atoms with Crippen LogP contribution in [0.15, 0.2) is 61.2 Å². The molecule has 0 aliphatic heterocycles. The molecule has 0 radical (unpaired) electrons. The van der Waals surface area contributed by atoms with Gasteiger partial charge in [0.25, 0.3) is 5.91 Å². The highest BCUT2D eigenvalue weighted by Crippen LogP contribution is 2.34. The summed E-state index contributed by atoms with van der Waals surface area (Å²) in [5.74, 6) is -0.0671. The molecule has 1 aromatic carbocycles. The predicted molar refractivity (Wildman–Crippen MR) is 130 cm³/mol. The first kappa shape index (κ1) is 20.8. The first-order valence-corrected chi connectivity index (χ1v) is 10.8. The second-order valence-corrected chi connectivity index (χ2v) is 8.36. The highest BCUT2D eigenvalue weighted by atomic mass is 16.1. The van der Waals surface area contributed by atoms with E-state index >= 15 is 0 Å². The average molecular weight is 440 g/mol. The van der Waals surface area contributed by atoms with Crippen molar-refractivity contribution in [3.05, 3.63) is 66.7 Å². The summed E-state index contributed by atoms with van der Waals surface area (Å²) in [4.78, 5) is 27.0. The van der Waals surface area contributed by atoms with Gasteiger partial charge in [-0.15, -0.1) is 0 Å².